The third kappa shape index (κ3) is 5.24. The van der Waals surface area contributed by atoms with Gasteiger partial charge in [0.2, 0.25) is 0 Å². The van der Waals surface area contributed by atoms with Crippen LogP contribution in [0.3, 0.4) is 0 Å². The number of rotatable bonds is 9. The highest BCUT2D eigenvalue weighted by Crippen LogP contribution is 2.42. The number of nitrogens with zero attached hydrogens (tertiary/aromatic N) is 4. The molecule has 3 rings (SSSR count). The van der Waals surface area contributed by atoms with E-state index in [1.807, 2.05) is 6.07 Å². The van der Waals surface area contributed by atoms with E-state index < -0.39 is 39.6 Å². The van der Waals surface area contributed by atoms with Gasteiger partial charge in [-0.15, -0.1) is 20.2 Å². The molecular weight excluding hydrogens is 452 g/mol. The zero-order valence-electron chi connectivity index (χ0n) is 18.3. The van der Waals surface area contributed by atoms with E-state index in [1.54, 1.807) is 26.0 Å². The molecule has 3 unspecified atom stereocenters. The van der Waals surface area contributed by atoms with Crippen LogP contribution in [-0.2, 0) is 9.68 Å². The number of hydrogen-bond acceptors (Lipinski definition) is 10. The zero-order valence-corrected chi connectivity index (χ0v) is 18.3. The Balaban J connectivity index is 2.04. The van der Waals surface area contributed by atoms with E-state index in [4.69, 9.17) is 9.57 Å². The summed E-state index contributed by atoms with van der Waals surface area (Å²) in [5.41, 5.74) is -0.667. The number of nitriles is 1. The smallest absolute Gasteiger partial charge is 0.295 e. The van der Waals surface area contributed by atoms with Gasteiger partial charge in [-0.25, -0.2) is 0 Å². The highest BCUT2D eigenvalue weighted by molar-refractivity contribution is 5.47. The first-order valence-corrected chi connectivity index (χ1v) is 10.2. The van der Waals surface area contributed by atoms with Crippen LogP contribution in [0.4, 0.5) is 0 Å². The molecule has 1 aliphatic heterocycles. The molecule has 0 fully saturated rings. The predicted octanol–water partition coefficient (Wildman–Crippen LogP) is 2.08. The Labute approximate surface area is 192 Å². The third-order valence-corrected chi connectivity index (χ3v) is 5.50. The van der Waals surface area contributed by atoms with E-state index in [2.05, 4.69) is 4.84 Å². The average Bonchev–Trinajstić information content (AvgIpc) is 2.77. The summed E-state index contributed by atoms with van der Waals surface area (Å²) in [4.78, 5) is 43.2. The van der Waals surface area contributed by atoms with E-state index in [-0.39, 0.29) is 25.0 Å². The summed E-state index contributed by atoms with van der Waals surface area (Å²) in [6.07, 6.45) is -0.968. The molecule has 0 aliphatic carbocycles. The van der Waals surface area contributed by atoms with Gasteiger partial charge in [0.05, 0.1) is 24.3 Å². The number of fused-ring (bicyclic) bond motifs is 1. The van der Waals surface area contributed by atoms with Gasteiger partial charge in [-0.2, -0.15) is 5.26 Å². The van der Waals surface area contributed by atoms with Gasteiger partial charge in [0.1, 0.15) is 23.6 Å². The van der Waals surface area contributed by atoms with Crippen molar-refractivity contribution in [3.05, 3.63) is 83.8 Å². The lowest BCUT2D eigenvalue weighted by molar-refractivity contribution is -0.772. The monoisotopic (exact) mass is 474 g/mol. The van der Waals surface area contributed by atoms with Gasteiger partial charge < -0.3 is 24.1 Å². The maximum Gasteiger partial charge on any atom is 0.295 e. The molecule has 1 aromatic carbocycles. The summed E-state index contributed by atoms with van der Waals surface area (Å²) in [5, 5.41) is 39.8. The molecule has 13 nitrogen and oxygen atoms in total. The molecule has 0 spiro atoms. The fourth-order valence-electron chi connectivity index (χ4n) is 3.86. The van der Waals surface area contributed by atoms with E-state index in [1.165, 1.54) is 29.0 Å². The summed E-state index contributed by atoms with van der Waals surface area (Å²) >= 11 is 0. The number of hydrogen-bond donors (Lipinski definition) is 1. The van der Waals surface area contributed by atoms with Gasteiger partial charge in [-0.3, -0.25) is 4.79 Å². The Morgan fingerprint density at radius 2 is 2.00 bits per heavy atom. The maximum atomic E-state index is 12.8. The topological polar surface area (TPSA) is 180 Å². The molecule has 0 saturated carbocycles. The minimum absolute atomic E-state index is 0.00991. The van der Waals surface area contributed by atoms with Gasteiger partial charge in [-0.05, 0) is 56.5 Å². The number of aromatic nitrogens is 1. The highest BCUT2D eigenvalue weighted by atomic mass is 17.0. The SMILES string of the molecule is CC1(C)Oc2ccc(C#N)cc2C(n2cc(C(CCCO[N+](=O)[O-])O[N+](=O)[O-])ccc2=O)C1O. The first-order chi connectivity index (χ1) is 16.0. The molecule has 13 heteroatoms. The Kier molecular flexibility index (Phi) is 7.02. The normalized spacial score (nSPS) is 19.1. The van der Waals surface area contributed by atoms with Gasteiger partial charge >= 0.3 is 0 Å². The van der Waals surface area contributed by atoms with Crippen LogP contribution in [-0.4, -0.2) is 38.2 Å². The van der Waals surface area contributed by atoms with Crippen molar-refractivity contribution in [3.63, 3.8) is 0 Å². The summed E-state index contributed by atoms with van der Waals surface area (Å²) in [5.74, 6) is 0.381. The van der Waals surface area contributed by atoms with Gasteiger partial charge in [0, 0.05) is 17.8 Å². The lowest BCUT2D eigenvalue weighted by atomic mass is 9.85. The van der Waals surface area contributed by atoms with Crippen molar-refractivity contribution in [2.75, 3.05) is 6.61 Å². The molecule has 1 aliphatic rings. The molecule has 0 amide bonds. The second-order valence-electron chi connectivity index (χ2n) is 8.18. The van der Waals surface area contributed by atoms with Crippen LogP contribution in [0.15, 0.2) is 41.3 Å². The van der Waals surface area contributed by atoms with E-state index in [9.17, 15) is 35.4 Å². The number of ether oxygens (including phenoxy) is 1. The van der Waals surface area contributed by atoms with Crippen molar-refractivity contribution >= 4 is 0 Å². The molecular formula is C21H22N4O9. The Morgan fingerprint density at radius 1 is 1.26 bits per heavy atom. The van der Waals surface area contributed by atoms with Crippen molar-refractivity contribution in [2.45, 2.75) is 50.5 Å². The fraction of sp³-hybridized carbons (Fsp3) is 0.429. The van der Waals surface area contributed by atoms with Crippen LogP contribution in [0.5, 0.6) is 5.75 Å². The second kappa shape index (κ2) is 9.75. The van der Waals surface area contributed by atoms with Crippen LogP contribution < -0.4 is 10.3 Å². The van der Waals surface area contributed by atoms with Crippen molar-refractivity contribution < 1.29 is 29.7 Å². The van der Waals surface area contributed by atoms with E-state index in [0.29, 0.717) is 16.9 Å². The lowest BCUT2D eigenvalue weighted by Crippen LogP contribution is -2.52. The summed E-state index contributed by atoms with van der Waals surface area (Å²) in [6, 6.07) is 8.22. The molecule has 1 N–H and O–H groups in total. The number of aliphatic hydroxyl groups is 1. The van der Waals surface area contributed by atoms with Crippen molar-refractivity contribution in [1.82, 2.24) is 4.57 Å². The minimum Gasteiger partial charge on any atom is -0.485 e. The minimum atomic E-state index is -1.22. The van der Waals surface area contributed by atoms with Gasteiger partial charge in [0.15, 0.2) is 0 Å². The maximum absolute atomic E-state index is 12.8. The quantitative estimate of drug-likeness (QED) is 0.321. The molecule has 3 atom stereocenters. The molecule has 2 heterocycles. The van der Waals surface area contributed by atoms with Crippen LogP contribution in [0.2, 0.25) is 0 Å². The molecule has 0 bridgehead atoms. The molecule has 180 valence electrons. The largest absolute Gasteiger partial charge is 0.485 e. The summed E-state index contributed by atoms with van der Waals surface area (Å²) in [7, 11) is 0. The Morgan fingerprint density at radius 3 is 2.65 bits per heavy atom. The molecule has 1 aromatic heterocycles. The Bertz CT molecular complexity index is 1190. The zero-order chi connectivity index (χ0) is 25.0. The third-order valence-electron chi connectivity index (χ3n) is 5.50. The molecule has 0 radical (unpaired) electrons. The fourth-order valence-corrected chi connectivity index (χ4v) is 3.86. The predicted molar refractivity (Wildman–Crippen MR) is 114 cm³/mol. The molecule has 0 saturated heterocycles. The van der Waals surface area contributed by atoms with Crippen LogP contribution >= 0.6 is 0 Å². The first-order valence-electron chi connectivity index (χ1n) is 10.2. The van der Waals surface area contributed by atoms with Crippen molar-refractivity contribution in [1.29, 1.82) is 5.26 Å². The van der Waals surface area contributed by atoms with Crippen LogP contribution in [0.1, 0.15) is 55.5 Å². The lowest BCUT2D eigenvalue weighted by Gasteiger charge is -2.42. The van der Waals surface area contributed by atoms with E-state index >= 15 is 0 Å². The first kappa shape index (κ1) is 24.5. The summed E-state index contributed by atoms with van der Waals surface area (Å²) in [6.45, 7) is 3.00. The van der Waals surface area contributed by atoms with E-state index in [0.717, 1.165) is 0 Å². The molecule has 34 heavy (non-hydrogen) atoms. The second-order valence-corrected chi connectivity index (χ2v) is 8.18. The number of pyridine rings is 1. The standard InChI is InChI=1S/C21H22N4O9/c1-21(2)20(27)19(15-10-13(11-22)5-7-17(15)33-21)23-12-14(6-8-18(23)26)16(34-25(30)31)4-3-9-32-24(28)29/h5-8,10,12,16,19-20,27H,3-4,9H2,1-2H3. The number of aliphatic hydroxyl groups excluding tert-OH is 1. The Hall–Kier alpha value is -4.18. The summed E-state index contributed by atoms with van der Waals surface area (Å²) < 4.78 is 7.10. The van der Waals surface area contributed by atoms with Crippen molar-refractivity contribution in [2.24, 2.45) is 0 Å². The number of benzene rings is 1. The highest BCUT2D eigenvalue weighted by Gasteiger charge is 2.44. The van der Waals surface area contributed by atoms with Crippen molar-refractivity contribution in [3.8, 4) is 11.8 Å². The van der Waals surface area contributed by atoms with Gasteiger partial charge in [0.25, 0.3) is 15.7 Å². The van der Waals surface area contributed by atoms with Gasteiger partial charge in [-0.1, -0.05) is 0 Å². The average molecular weight is 474 g/mol. The van der Waals surface area contributed by atoms with Crippen LogP contribution in [0, 0.1) is 31.6 Å². The molecule has 2 aromatic rings. The van der Waals surface area contributed by atoms with Crippen LogP contribution in [0.25, 0.3) is 0 Å².